The van der Waals surface area contributed by atoms with Gasteiger partial charge in [-0.3, -0.25) is 4.79 Å². The Balaban J connectivity index is 1.82. The molecule has 0 spiro atoms. The predicted octanol–water partition coefficient (Wildman–Crippen LogP) is 4.61. The Morgan fingerprint density at radius 1 is 1.07 bits per heavy atom. The lowest BCUT2D eigenvalue weighted by molar-refractivity contribution is -0.118. The van der Waals surface area contributed by atoms with Gasteiger partial charge in [0.05, 0.1) is 5.39 Å². The second-order valence-electron chi connectivity index (χ2n) is 6.74. The van der Waals surface area contributed by atoms with Gasteiger partial charge in [-0.25, -0.2) is 9.97 Å². The summed E-state index contributed by atoms with van der Waals surface area (Å²) in [6, 6.07) is 15.1. The first-order valence-corrected chi connectivity index (χ1v) is 9.83. The molecule has 4 rings (SSSR count). The number of thiophene rings is 1. The third kappa shape index (κ3) is 3.34. The molecule has 0 aliphatic rings. The molecule has 0 aliphatic heterocycles. The minimum absolute atomic E-state index is 0.457. The summed E-state index contributed by atoms with van der Waals surface area (Å²) >= 11 is 1.56. The summed E-state index contributed by atoms with van der Waals surface area (Å²) in [6.07, 6.45) is 1.51. The van der Waals surface area contributed by atoms with Gasteiger partial charge in [0.1, 0.15) is 23.0 Å². The fourth-order valence-electron chi connectivity index (χ4n) is 3.21. The highest BCUT2D eigenvalue weighted by molar-refractivity contribution is 7.17. The Hall–Kier alpha value is -3.25. The van der Waals surface area contributed by atoms with Crippen LogP contribution in [-0.2, 0) is 4.79 Å². The van der Waals surface area contributed by atoms with E-state index in [4.69, 9.17) is 5.73 Å². The Morgan fingerprint density at radius 3 is 2.57 bits per heavy atom. The fourth-order valence-corrected chi connectivity index (χ4v) is 4.12. The summed E-state index contributed by atoms with van der Waals surface area (Å²) in [5.41, 5.74) is 11.1. The Kier molecular flexibility index (Phi) is 4.79. The topological polar surface area (TPSA) is 80.9 Å². The largest absolute Gasteiger partial charge is 0.368 e. The molecule has 2 heterocycles. The van der Waals surface area contributed by atoms with E-state index < -0.39 is 11.9 Å². The number of primary amides is 1. The number of aryl methyl sites for hydroxylation is 2. The average molecular weight is 388 g/mol. The van der Waals surface area contributed by atoms with Crippen LogP contribution in [-0.4, -0.2) is 15.9 Å². The first kappa shape index (κ1) is 18.1. The van der Waals surface area contributed by atoms with Crippen LogP contribution in [0.15, 0.2) is 60.2 Å². The standard InChI is InChI=1S/C22H20N4OS/c1-13-8-9-16(10-14(13)2)17-11-28-22-18(17)21(24-12-25-22)26-19(20(23)27)15-6-4-3-5-7-15/h3-12,19H,1-2H3,(H2,23,27)(H,24,25,26)/t19-/m0/s1. The van der Waals surface area contributed by atoms with Crippen LogP contribution in [0.3, 0.4) is 0 Å². The van der Waals surface area contributed by atoms with Crippen molar-refractivity contribution in [3.8, 4) is 11.1 Å². The molecular formula is C22H20N4OS. The van der Waals surface area contributed by atoms with Gasteiger partial charge in [0.15, 0.2) is 0 Å². The molecule has 0 saturated heterocycles. The average Bonchev–Trinajstić information content (AvgIpc) is 3.13. The molecule has 0 unspecified atom stereocenters. The fraction of sp³-hybridized carbons (Fsp3) is 0.136. The van der Waals surface area contributed by atoms with Gasteiger partial charge < -0.3 is 11.1 Å². The van der Waals surface area contributed by atoms with Gasteiger partial charge >= 0.3 is 0 Å². The second-order valence-corrected chi connectivity index (χ2v) is 7.60. The van der Waals surface area contributed by atoms with E-state index in [1.165, 1.54) is 17.5 Å². The van der Waals surface area contributed by atoms with Crippen molar-refractivity contribution in [3.63, 3.8) is 0 Å². The van der Waals surface area contributed by atoms with Crippen LogP contribution in [0.5, 0.6) is 0 Å². The van der Waals surface area contributed by atoms with Crippen molar-refractivity contribution in [3.05, 3.63) is 76.9 Å². The molecule has 5 nitrogen and oxygen atoms in total. The highest BCUT2D eigenvalue weighted by atomic mass is 32.1. The summed E-state index contributed by atoms with van der Waals surface area (Å²) < 4.78 is 0. The number of aromatic nitrogens is 2. The van der Waals surface area contributed by atoms with Crippen LogP contribution >= 0.6 is 11.3 Å². The van der Waals surface area contributed by atoms with Gasteiger partial charge in [0.2, 0.25) is 5.91 Å². The lowest BCUT2D eigenvalue weighted by Crippen LogP contribution is -2.28. The molecule has 0 aliphatic carbocycles. The molecule has 2 aromatic carbocycles. The molecule has 2 aromatic heterocycles. The van der Waals surface area contributed by atoms with Crippen LogP contribution in [0.25, 0.3) is 21.3 Å². The molecule has 6 heteroatoms. The Labute approximate surface area is 167 Å². The van der Waals surface area contributed by atoms with E-state index in [-0.39, 0.29) is 0 Å². The van der Waals surface area contributed by atoms with Crippen molar-refractivity contribution in [1.29, 1.82) is 0 Å². The Bertz CT molecular complexity index is 1150. The van der Waals surface area contributed by atoms with Crippen molar-refractivity contribution >= 4 is 33.3 Å². The van der Waals surface area contributed by atoms with Crippen molar-refractivity contribution < 1.29 is 4.79 Å². The van der Waals surface area contributed by atoms with Gasteiger partial charge in [0, 0.05) is 10.9 Å². The number of carbonyl (C=O) groups is 1. The number of nitrogens with zero attached hydrogens (tertiary/aromatic N) is 2. The minimum Gasteiger partial charge on any atom is -0.368 e. The summed E-state index contributed by atoms with van der Waals surface area (Å²) in [7, 11) is 0. The smallest absolute Gasteiger partial charge is 0.244 e. The van der Waals surface area contributed by atoms with Crippen LogP contribution in [0.2, 0.25) is 0 Å². The van der Waals surface area contributed by atoms with E-state index in [1.54, 1.807) is 11.3 Å². The van der Waals surface area contributed by atoms with Crippen LogP contribution in [0.1, 0.15) is 22.7 Å². The van der Waals surface area contributed by atoms with Crippen molar-refractivity contribution in [2.24, 2.45) is 5.73 Å². The Morgan fingerprint density at radius 2 is 1.86 bits per heavy atom. The number of hydrogen-bond acceptors (Lipinski definition) is 5. The summed E-state index contributed by atoms with van der Waals surface area (Å²) in [5.74, 6) is 0.146. The lowest BCUT2D eigenvalue weighted by Gasteiger charge is -2.17. The summed E-state index contributed by atoms with van der Waals surface area (Å²) in [5, 5.41) is 6.22. The molecule has 0 fully saturated rings. The van der Waals surface area contributed by atoms with Gasteiger partial charge in [-0.2, -0.15) is 0 Å². The molecule has 1 atom stereocenters. The van der Waals surface area contributed by atoms with Crippen molar-refractivity contribution in [2.45, 2.75) is 19.9 Å². The van der Waals surface area contributed by atoms with Crippen LogP contribution < -0.4 is 11.1 Å². The maximum absolute atomic E-state index is 12.1. The number of rotatable bonds is 5. The van der Waals surface area contributed by atoms with E-state index in [0.717, 1.165) is 26.9 Å². The number of carbonyl (C=O) groups excluding carboxylic acids is 1. The highest BCUT2D eigenvalue weighted by Crippen LogP contribution is 2.38. The van der Waals surface area contributed by atoms with E-state index >= 15 is 0 Å². The van der Waals surface area contributed by atoms with Gasteiger partial charge in [0.25, 0.3) is 0 Å². The molecule has 3 N–H and O–H groups in total. The number of fused-ring (bicyclic) bond motifs is 1. The third-order valence-corrected chi connectivity index (χ3v) is 5.77. The normalized spacial score (nSPS) is 12.1. The summed E-state index contributed by atoms with van der Waals surface area (Å²) in [6.45, 7) is 4.19. The monoisotopic (exact) mass is 388 g/mol. The number of anilines is 1. The number of nitrogens with two attached hydrogens (primary N) is 1. The number of nitrogens with one attached hydrogen (secondary N) is 1. The molecule has 28 heavy (non-hydrogen) atoms. The summed E-state index contributed by atoms with van der Waals surface area (Å²) in [4.78, 5) is 21.8. The molecule has 0 radical (unpaired) electrons. The maximum Gasteiger partial charge on any atom is 0.244 e. The third-order valence-electron chi connectivity index (χ3n) is 4.89. The first-order valence-electron chi connectivity index (χ1n) is 8.95. The van der Waals surface area contributed by atoms with E-state index in [1.807, 2.05) is 30.3 Å². The molecule has 4 aromatic rings. The molecule has 1 amide bonds. The van der Waals surface area contributed by atoms with E-state index in [9.17, 15) is 4.79 Å². The first-order chi connectivity index (χ1) is 13.5. The minimum atomic E-state index is -0.674. The number of amides is 1. The van der Waals surface area contributed by atoms with Crippen molar-refractivity contribution in [2.75, 3.05) is 5.32 Å². The van der Waals surface area contributed by atoms with E-state index in [2.05, 4.69) is 52.7 Å². The zero-order chi connectivity index (χ0) is 19.7. The number of hydrogen-bond donors (Lipinski definition) is 2. The second kappa shape index (κ2) is 7.40. The quantitative estimate of drug-likeness (QED) is 0.523. The molecular weight excluding hydrogens is 368 g/mol. The van der Waals surface area contributed by atoms with Crippen LogP contribution in [0, 0.1) is 13.8 Å². The van der Waals surface area contributed by atoms with Crippen LogP contribution in [0.4, 0.5) is 5.82 Å². The zero-order valence-corrected chi connectivity index (χ0v) is 16.5. The predicted molar refractivity (Wildman–Crippen MR) is 114 cm³/mol. The molecule has 0 bridgehead atoms. The SMILES string of the molecule is Cc1ccc(-c2csc3ncnc(N[C@H](C(N)=O)c4ccccc4)c23)cc1C. The maximum atomic E-state index is 12.1. The van der Waals surface area contributed by atoms with E-state index in [0.29, 0.717) is 5.82 Å². The number of benzene rings is 2. The molecule has 140 valence electrons. The van der Waals surface area contributed by atoms with Gasteiger partial charge in [-0.05, 0) is 36.1 Å². The van der Waals surface area contributed by atoms with Crippen molar-refractivity contribution in [1.82, 2.24) is 9.97 Å². The highest BCUT2D eigenvalue weighted by Gasteiger charge is 2.21. The van der Waals surface area contributed by atoms with Gasteiger partial charge in [-0.15, -0.1) is 11.3 Å². The molecule has 0 saturated carbocycles. The zero-order valence-electron chi connectivity index (χ0n) is 15.6. The lowest BCUT2D eigenvalue weighted by atomic mass is 10.0. The van der Waals surface area contributed by atoms with Gasteiger partial charge in [-0.1, -0.05) is 48.5 Å².